The number of aromatic hydroxyl groups is 1. The quantitative estimate of drug-likeness (QED) is 0.196. The first-order valence-electron chi connectivity index (χ1n) is 12.2. The van der Waals surface area contributed by atoms with Crippen LogP contribution < -0.4 is 10.1 Å². The molecule has 8 heteroatoms. The van der Waals surface area contributed by atoms with Crippen LogP contribution in [0, 0.1) is 37.5 Å². The minimum Gasteiger partial charge on any atom is -0.545 e. The van der Waals surface area contributed by atoms with Crippen molar-refractivity contribution < 1.29 is 50.5 Å². The minimum atomic E-state index is 0. The van der Waals surface area contributed by atoms with Crippen molar-refractivity contribution in [1.29, 1.82) is 0 Å². The third kappa shape index (κ3) is 10.9. The number of unbranched alkanes of at least 4 members (excludes halogenated alkanes) is 2. The van der Waals surface area contributed by atoms with Crippen LogP contribution in [0.4, 0.5) is 5.82 Å². The van der Waals surface area contributed by atoms with Crippen molar-refractivity contribution in [1.82, 2.24) is 10.2 Å². The Morgan fingerprint density at radius 1 is 1.17 bits per heavy atom. The summed E-state index contributed by atoms with van der Waals surface area (Å²) in [5.41, 5.74) is 3.37. The van der Waals surface area contributed by atoms with Gasteiger partial charge in [-0.15, -0.1) is 10.2 Å². The summed E-state index contributed by atoms with van der Waals surface area (Å²) < 4.78 is 11.1. The Hall–Kier alpha value is -1.62. The van der Waals surface area contributed by atoms with Crippen molar-refractivity contribution in [3.8, 4) is 22.8 Å². The van der Waals surface area contributed by atoms with E-state index < -0.39 is 0 Å². The van der Waals surface area contributed by atoms with E-state index in [0.717, 1.165) is 48.3 Å². The van der Waals surface area contributed by atoms with Crippen LogP contribution in [0.3, 0.4) is 0 Å². The van der Waals surface area contributed by atoms with Gasteiger partial charge in [-0.1, -0.05) is 33.1 Å². The van der Waals surface area contributed by atoms with Crippen LogP contribution in [0.1, 0.15) is 77.3 Å². The normalized spacial score (nSPS) is 12.8. The first-order chi connectivity index (χ1) is 16.6. The largest absolute Gasteiger partial charge is 2.00 e. The molecule has 0 amide bonds. The van der Waals surface area contributed by atoms with Gasteiger partial charge in [0.05, 0.1) is 13.7 Å². The van der Waals surface area contributed by atoms with E-state index in [-0.39, 0.29) is 36.9 Å². The van der Waals surface area contributed by atoms with Gasteiger partial charge in [0.1, 0.15) is 23.0 Å². The third-order valence-corrected chi connectivity index (χ3v) is 5.51. The number of methoxy groups -OCH3 is 1. The molecule has 7 nitrogen and oxygen atoms in total. The zero-order chi connectivity index (χ0) is 25.3. The van der Waals surface area contributed by atoms with Crippen LogP contribution in [0.25, 0.3) is 11.3 Å². The molecule has 0 saturated heterocycles. The van der Waals surface area contributed by atoms with Gasteiger partial charge in [0.2, 0.25) is 0 Å². The van der Waals surface area contributed by atoms with E-state index in [1.165, 1.54) is 19.3 Å². The second-order valence-electron chi connectivity index (χ2n) is 8.26. The van der Waals surface area contributed by atoms with Gasteiger partial charge in [-0.25, -0.2) is 0 Å². The maximum absolute atomic E-state index is 10.7. The predicted molar refractivity (Wildman–Crippen MR) is 138 cm³/mol. The molecule has 1 aromatic carbocycles. The summed E-state index contributed by atoms with van der Waals surface area (Å²) in [5, 5.41) is 23.2. The number of nitrogens with zero attached hydrogens (tertiary/aromatic N) is 2. The molecule has 0 aliphatic carbocycles. The van der Waals surface area contributed by atoms with E-state index in [9.17, 15) is 5.11 Å². The van der Waals surface area contributed by atoms with Crippen LogP contribution >= 0.6 is 0 Å². The fourth-order valence-corrected chi connectivity index (χ4v) is 3.84. The van der Waals surface area contributed by atoms with Crippen LogP contribution in [0.5, 0.6) is 11.5 Å². The topological polar surface area (TPSA) is 93.6 Å². The smallest absolute Gasteiger partial charge is 0.545 e. The van der Waals surface area contributed by atoms with Gasteiger partial charge in [0.15, 0.2) is 0 Å². The standard InChI is InChI=1S/C23H33N3O3.C3H7.CHO.U/c1-4-6-7-10-18(5-2)24-21-13-16-9-8-11-29-15-17-12-19(28-3)14-20(27)22(17)23(16)26-25-21;1-3-2;1-2;/h12-14,18,27H,4-11,15H2,1-3H3,(H,24,25);3H,1-2H3;1H;/q;2*-1;+2/t18-;;;/m0.../s1. The number of phenols is 1. The predicted octanol–water partition coefficient (Wildman–Crippen LogP) is 6.05. The molecule has 0 spiro atoms. The van der Waals surface area contributed by atoms with Crippen molar-refractivity contribution in [3.63, 3.8) is 0 Å². The van der Waals surface area contributed by atoms with E-state index in [1.807, 2.05) is 26.3 Å². The minimum absolute atomic E-state index is 0. The summed E-state index contributed by atoms with van der Waals surface area (Å²) in [6, 6.07) is 6.01. The zero-order valence-electron chi connectivity index (χ0n) is 21.9. The second kappa shape index (κ2) is 19.6. The Balaban J connectivity index is 0.00000179. The molecule has 0 unspecified atom stereocenters. The van der Waals surface area contributed by atoms with E-state index in [2.05, 4.69) is 42.2 Å². The summed E-state index contributed by atoms with van der Waals surface area (Å²) >= 11 is 0. The fourth-order valence-electron chi connectivity index (χ4n) is 3.84. The Labute approximate surface area is 235 Å². The molecular weight excluding hydrogens is 668 g/mol. The molecule has 2 heterocycles. The van der Waals surface area contributed by atoms with E-state index >= 15 is 0 Å². The van der Waals surface area contributed by atoms with Crippen molar-refractivity contribution in [3.05, 3.63) is 35.7 Å². The molecule has 3 rings (SSSR count). The number of nitrogens with one attached hydrogen (secondary N) is 1. The van der Waals surface area contributed by atoms with Gasteiger partial charge < -0.3 is 31.1 Å². The first kappa shape index (κ1) is 33.4. The van der Waals surface area contributed by atoms with Crippen LogP contribution in [-0.4, -0.2) is 41.9 Å². The monoisotopic (exact) mass is 709 g/mol. The van der Waals surface area contributed by atoms with Crippen LogP contribution in [0.15, 0.2) is 18.2 Å². The van der Waals surface area contributed by atoms with Gasteiger partial charge in [0.25, 0.3) is 0 Å². The van der Waals surface area contributed by atoms with Gasteiger partial charge in [-0.05, 0) is 48.9 Å². The van der Waals surface area contributed by atoms with Gasteiger partial charge in [-0.3, -0.25) is 6.79 Å². The molecular formula is C27H41N3O4U. The molecule has 192 valence electrons. The number of aryl methyl sites for hydroxylation is 1. The van der Waals surface area contributed by atoms with Crippen LogP contribution in [-0.2, 0) is 22.6 Å². The molecule has 0 radical (unpaired) electrons. The SMILES string of the molecule is CCCCC[C@H](CC)Nc1cc2c(nn1)-c1c(O)cc(OC)cc1COCCC2.C[CH-]C.[CH-]=O.[U+2]. The summed E-state index contributed by atoms with van der Waals surface area (Å²) in [4.78, 5) is 7.75. The van der Waals surface area contributed by atoms with Gasteiger partial charge in [0, 0.05) is 24.3 Å². The van der Waals surface area contributed by atoms with Crippen LogP contribution in [0.2, 0.25) is 0 Å². The Morgan fingerprint density at radius 3 is 2.51 bits per heavy atom. The Bertz CT molecular complexity index is 851. The number of anilines is 1. The summed E-state index contributed by atoms with van der Waals surface area (Å²) in [6.07, 6.45) is 9.63. The van der Waals surface area contributed by atoms with Crippen molar-refractivity contribution in [2.45, 2.75) is 85.3 Å². The number of phenolic OH excluding ortho intramolecular Hbond substituents is 1. The van der Waals surface area contributed by atoms with E-state index in [4.69, 9.17) is 14.3 Å². The van der Waals surface area contributed by atoms with Crippen molar-refractivity contribution in [2.75, 3.05) is 19.0 Å². The number of hydrogen-bond acceptors (Lipinski definition) is 7. The molecule has 0 fully saturated rings. The Morgan fingerprint density at radius 2 is 1.89 bits per heavy atom. The average molecular weight is 710 g/mol. The molecule has 0 bridgehead atoms. The fraction of sp³-hybridized carbons (Fsp3) is 0.556. The summed E-state index contributed by atoms with van der Waals surface area (Å²) in [7, 11) is 1.59. The number of aromatic nitrogens is 2. The molecule has 2 N–H and O–H groups in total. The maximum atomic E-state index is 10.7. The number of fused-ring (bicyclic) bond motifs is 3. The molecule has 1 aliphatic rings. The zero-order valence-corrected chi connectivity index (χ0v) is 26.1. The molecule has 1 aliphatic heterocycles. The second-order valence-corrected chi connectivity index (χ2v) is 8.26. The Kier molecular flexibility index (Phi) is 18.7. The van der Waals surface area contributed by atoms with Gasteiger partial charge in [-0.2, -0.15) is 13.8 Å². The summed E-state index contributed by atoms with van der Waals surface area (Å²) in [5.74, 6) is 1.56. The van der Waals surface area contributed by atoms with Gasteiger partial charge >= 0.3 is 31.1 Å². The van der Waals surface area contributed by atoms with Crippen molar-refractivity contribution in [2.24, 2.45) is 0 Å². The number of carbonyl (C=O) groups excluding carboxylic acids is 1. The average Bonchev–Trinajstić information content (AvgIpc) is 2.93. The molecule has 1 aromatic heterocycles. The number of hydrogen-bond donors (Lipinski definition) is 2. The molecule has 0 saturated carbocycles. The van der Waals surface area contributed by atoms with Crippen molar-refractivity contribution >= 4 is 12.6 Å². The molecule has 1 atom stereocenters. The van der Waals surface area contributed by atoms with E-state index in [0.29, 0.717) is 30.6 Å². The number of ether oxygens (including phenoxy) is 2. The first-order valence-corrected chi connectivity index (χ1v) is 12.2. The maximum Gasteiger partial charge on any atom is 2.00 e. The third-order valence-electron chi connectivity index (χ3n) is 5.51. The number of benzene rings is 1. The number of rotatable bonds is 8. The van der Waals surface area contributed by atoms with E-state index in [1.54, 1.807) is 13.2 Å². The summed E-state index contributed by atoms with van der Waals surface area (Å²) in [6.45, 7) is 12.8. The molecule has 2 aromatic rings. The molecule has 35 heavy (non-hydrogen) atoms.